The molecule has 0 spiro atoms. The van der Waals surface area contributed by atoms with Gasteiger partial charge in [0, 0.05) is 44.8 Å². The van der Waals surface area contributed by atoms with Gasteiger partial charge in [0.2, 0.25) is 0 Å². The van der Waals surface area contributed by atoms with E-state index in [0.717, 1.165) is 40.6 Å². The topological polar surface area (TPSA) is 59.4 Å². The van der Waals surface area contributed by atoms with Crippen LogP contribution in [0.15, 0.2) is 47.8 Å². The van der Waals surface area contributed by atoms with Crippen molar-refractivity contribution >= 4 is 40.3 Å². The van der Waals surface area contributed by atoms with Gasteiger partial charge in [-0.15, -0.1) is 11.3 Å². The Morgan fingerprint density at radius 3 is 2.59 bits per heavy atom. The van der Waals surface area contributed by atoms with Gasteiger partial charge in [0.1, 0.15) is 10.8 Å². The lowest BCUT2D eigenvalue weighted by molar-refractivity contribution is -0.164. The van der Waals surface area contributed by atoms with E-state index >= 15 is 0 Å². The van der Waals surface area contributed by atoms with E-state index in [2.05, 4.69) is 5.38 Å². The Bertz CT molecular complexity index is 1200. The summed E-state index contributed by atoms with van der Waals surface area (Å²) in [6.45, 7) is 0. The van der Waals surface area contributed by atoms with E-state index in [1.54, 1.807) is 29.5 Å². The van der Waals surface area contributed by atoms with Gasteiger partial charge in [-0.1, -0.05) is 35.3 Å². The van der Waals surface area contributed by atoms with E-state index in [0.29, 0.717) is 22.8 Å². The van der Waals surface area contributed by atoms with Gasteiger partial charge in [-0.3, -0.25) is 4.79 Å². The molecule has 1 aromatic heterocycles. The molecule has 0 amide bonds. The first-order valence-corrected chi connectivity index (χ1v) is 12.4. The van der Waals surface area contributed by atoms with Crippen molar-refractivity contribution in [2.75, 3.05) is 0 Å². The van der Waals surface area contributed by atoms with Crippen molar-refractivity contribution in [1.82, 2.24) is 4.98 Å². The van der Waals surface area contributed by atoms with E-state index < -0.39 is 12.2 Å². The molecule has 2 bridgehead atoms. The van der Waals surface area contributed by atoms with Crippen LogP contribution in [-0.2, 0) is 10.2 Å². The molecule has 4 nitrogen and oxygen atoms in total. The molecule has 3 fully saturated rings. The summed E-state index contributed by atoms with van der Waals surface area (Å²) in [4.78, 5) is 17.9. The van der Waals surface area contributed by atoms with E-state index in [9.17, 15) is 9.90 Å². The highest BCUT2D eigenvalue weighted by Gasteiger charge is 2.69. The number of benzene rings is 2. The van der Waals surface area contributed by atoms with E-state index in [-0.39, 0.29) is 23.0 Å². The normalized spacial score (nSPS) is 30.0. The van der Waals surface area contributed by atoms with Crippen LogP contribution in [0.3, 0.4) is 0 Å². The number of hydrogen-bond acceptors (Lipinski definition) is 5. The van der Waals surface area contributed by atoms with E-state index in [1.165, 1.54) is 0 Å². The maximum atomic E-state index is 13.0. The van der Waals surface area contributed by atoms with Crippen molar-refractivity contribution in [1.29, 1.82) is 0 Å². The number of carbonyl (C=O) groups excluding carboxylic acids is 1. The molecule has 2 aromatic carbocycles. The molecule has 7 rings (SSSR count). The lowest BCUT2D eigenvalue weighted by Crippen LogP contribution is -2.65. The number of aliphatic hydroxyl groups is 1. The molecule has 0 radical (unpaired) electrons. The Labute approximate surface area is 200 Å². The monoisotopic (exact) mass is 485 g/mol. The number of thiazole rings is 1. The zero-order valence-electron chi connectivity index (χ0n) is 17.2. The van der Waals surface area contributed by atoms with Gasteiger partial charge in [0.05, 0.1) is 11.8 Å². The summed E-state index contributed by atoms with van der Waals surface area (Å²) in [6, 6.07) is 12.9. The second-order valence-electron chi connectivity index (χ2n) is 9.54. The Kier molecular flexibility index (Phi) is 4.71. The fourth-order valence-corrected chi connectivity index (χ4v) is 7.05. The predicted octanol–water partition coefficient (Wildman–Crippen LogP) is 6.38. The third kappa shape index (κ3) is 3.29. The number of ether oxygens (including phenoxy) is 1. The molecule has 3 aliphatic carbocycles. The number of aromatic nitrogens is 1. The van der Waals surface area contributed by atoms with Crippen molar-refractivity contribution in [3.63, 3.8) is 0 Å². The molecule has 7 heteroatoms. The zero-order valence-corrected chi connectivity index (χ0v) is 19.5. The maximum absolute atomic E-state index is 13.0. The minimum atomic E-state index is -0.730. The third-order valence-corrected chi connectivity index (χ3v) is 8.60. The number of nitrogens with zero attached hydrogens (tertiary/aromatic N) is 1. The summed E-state index contributed by atoms with van der Waals surface area (Å²) in [5.74, 6) is 0.635. The summed E-state index contributed by atoms with van der Waals surface area (Å²) >= 11 is 13.7. The minimum absolute atomic E-state index is 0.0652. The average molecular weight is 486 g/mol. The van der Waals surface area contributed by atoms with Crippen molar-refractivity contribution in [3.05, 3.63) is 69.1 Å². The first-order valence-electron chi connectivity index (χ1n) is 10.7. The van der Waals surface area contributed by atoms with Gasteiger partial charge in [-0.2, -0.15) is 0 Å². The molecule has 2 heterocycles. The molecule has 3 aromatic rings. The first-order chi connectivity index (χ1) is 15.3. The van der Waals surface area contributed by atoms with Crippen LogP contribution in [0.1, 0.15) is 49.5 Å². The number of hydrogen-bond donors (Lipinski definition) is 1. The lowest BCUT2D eigenvalue weighted by atomic mass is 9.33. The van der Waals surface area contributed by atoms with E-state index in [1.807, 2.05) is 24.3 Å². The fourth-order valence-electron chi connectivity index (χ4n) is 5.80. The predicted molar refractivity (Wildman–Crippen MR) is 126 cm³/mol. The van der Waals surface area contributed by atoms with Gasteiger partial charge < -0.3 is 9.84 Å². The van der Waals surface area contributed by atoms with Crippen LogP contribution < -0.4 is 4.74 Å². The van der Waals surface area contributed by atoms with Crippen LogP contribution in [-0.4, -0.2) is 22.0 Å². The largest absolute Gasteiger partial charge is 0.482 e. The summed E-state index contributed by atoms with van der Waals surface area (Å²) in [6.07, 6.45) is 2.45. The van der Waals surface area contributed by atoms with Crippen LogP contribution in [0.4, 0.5) is 0 Å². The van der Waals surface area contributed by atoms with Crippen molar-refractivity contribution < 1.29 is 14.6 Å². The number of rotatable bonds is 5. The molecule has 4 aliphatic rings. The van der Waals surface area contributed by atoms with Gasteiger partial charge >= 0.3 is 0 Å². The van der Waals surface area contributed by atoms with Gasteiger partial charge in [-0.25, -0.2) is 4.98 Å². The molecule has 0 unspecified atom stereocenters. The van der Waals surface area contributed by atoms with Crippen molar-refractivity contribution in [3.8, 4) is 16.3 Å². The summed E-state index contributed by atoms with van der Waals surface area (Å²) in [5.41, 5.74) is 3.08. The first kappa shape index (κ1) is 20.7. The number of halogens is 2. The lowest BCUT2D eigenvalue weighted by Gasteiger charge is -2.70. The summed E-state index contributed by atoms with van der Waals surface area (Å²) < 4.78 is 5.93. The van der Waals surface area contributed by atoms with Crippen LogP contribution in [0.25, 0.3) is 10.6 Å². The Morgan fingerprint density at radius 2 is 1.84 bits per heavy atom. The number of ketones is 1. The van der Waals surface area contributed by atoms with Crippen molar-refractivity contribution in [2.24, 2.45) is 5.41 Å². The standard InChI is InChI=1S/C25H21Cl2NO3S/c26-15-3-1-14(2-4-15)23-28-22(10-32-23)25-11-24(12-25,13-25)9-19(30)21-8-18(29)17-7-16(27)5-6-20(17)31-21/h1-7,10,18,21,29H,8-9,11-13H2/t18-,21+,24?,25?/m1/s1. The second kappa shape index (κ2) is 7.29. The average Bonchev–Trinajstić information content (AvgIpc) is 3.20. The van der Waals surface area contributed by atoms with E-state index in [4.69, 9.17) is 32.9 Å². The highest BCUT2D eigenvalue weighted by molar-refractivity contribution is 7.13. The molecule has 164 valence electrons. The van der Waals surface area contributed by atoms with Crippen LogP contribution in [0.2, 0.25) is 10.0 Å². The molecule has 32 heavy (non-hydrogen) atoms. The molecule has 3 saturated carbocycles. The minimum Gasteiger partial charge on any atom is -0.482 e. The third-order valence-electron chi connectivity index (χ3n) is 7.22. The van der Waals surface area contributed by atoms with Gasteiger partial charge in [0.15, 0.2) is 11.9 Å². The molecule has 2 atom stereocenters. The highest BCUT2D eigenvalue weighted by atomic mass is 35.5. The summed E-state index contributed by atoms with van der Waals surface area (Å²) in [5, 5.41) is 14.9. The summed E-state index contributed by atoms with van der Waals surface area (Å²) in [7, 11) is 0. The quantitative estimate of drug-likeness (QED) is 0.455. The Balaban J connectivity index is 1.10. The van der Waals surface area contributed by atoms with Crippen molar-refractivity contribution in [2.45, 2.75) is 49.7 Å². The zero-order chi connectivity index (χ0) is 22.1. The fraction of sp³-hybridized carbons (Fsp3) is 0.360. The Morgan fingerprint density at radius 1 is 1.12 bits per heavy atom. The molecule has 1 N–H and O–H groups in total. The molecule has 0 saturated heterocycles. The van der Waals surface area contributed by atoms with Crippen LogP contribution in [0, 0.1) is 5.41 Å². The number of carbonyl (C=O) groups is 1. The van der Waals surface area contributed by atoms with Crippen LogP contribution in [0.5, 0.6) is 5.75 Å². The number of fused-ring (bicyclic) bond motifs is 1. The smallest absolute Gasteiger partial charge is 0.173 e. The van der Waals surface area contributed by atoms with Gasteiger partial charge in [0.25, 0.3) is 0 Å². The highest BCUT2D eigenvalue weighted by Crippen LogP contribution is 2.75. The SMILES string of the molecule is O=C(CC12CC(c3csc(-c4ccc(Cl)cc4)n3)(C1)C2)[C@@H]1C[C@@H](O)c2cc(Cl)ccc2O1. The number of Topliss-reactive ketones (excluding diaryl/α,β-unsaturated/α-hetero) is 1. The maximum Gasteiger partial charge on any atom is 0.173 e. The molecular formula is C25H21Cl2NO3S. The Hall–Kier alpha value is -1.92. The molecule has 1 aliphatic heterocycles. The van der Waals surface area contributed by atoms with Gasteiger partial charge in [-0.05, 0) is 55.0 Å². The molecular weight excluding hydrogens is 465 g/mol. The number of aliphatic hydroxyl groups excluding tert-OH is 1. The van der Waals surface area contributed by atoms with Crippen LogP contribution >= 0.6 is 34.5 Å². The second-order valence-corrected chi connectivity index (χ2v) is 11.3.